The number of rotatable bonds is 5. The first-order chi connectivity index (χ1) is 12.6. The van der Waals surface area contributed by atoms with Gasteiger partial charge in [0, 0.05) is 31.5 Å². The maximum absolute atomic E-state index is 5.47. The smallest absolute Gasteiger partial charge is 0.197 e. The van der Waals surface area contributed by atoms with Crippen molar-refractivity contribution in [3.63, 3.8) is 0 Å². The number of aromatic amines is 1. The molecule has 4 rings (SSSR count). The maximum atomic E-state index is 5.47. The van der Waals surface area contributed by atoms with Gasteiger partial charge in [-0.1, -0.05) is 13.8 Å². The van der Waals surface area contributed by atoms with Crippen molar-refractivity contribution in [1.82, 2.24) is 29.7 Å². The van der Waals surface area contributed by atoms with Crippen molar-refractivity contribution >= 4 is 22.9 Å². The van der Waals surface area contributed by atoms with E-state index in [1.54, 1.807) is 6.20 Å². The van der Waals surface area contributed by atoms with Crippen LogP contribution in [0.1, 0.15) is 44.1 Å². The standard InChI is InChI=1S/C18H25N7O/c1-11(2)14-8-15(24-23-14)21-16-9-19-17-18(22-16)25(12(3)20-17)10-13-4-6-26-7-5-13/h8-9,11,13H,4-7,10H2,1-3H3,(H2,21,22,23,24). The monoisotopic (exact) mass is 355 g/mol. The summed E-state index contributed by atoms with van der Waals surface area (Å²) < 4.78 is 7.64. The molecule has 0 aromatic carbocycles. The molecule has 0 spiro atoms. The Kier molecular flexibility index (Phi) is 4.58. The molecule has 0 saturated carbocycles. The summed E-state index contributed by atoms with van der Waals surface area (Å²) >= 11 is 0. The zero-order chi connectivity index (χ0) is 18.1. The number of H-pyrrole nitrogens is 1. The Labute approximate surface area is 152 Å². The highest BCUT2D eigenvalue weighted by Crippen LogP contribution is 2.23. The zero-order valence-corrected chi connectivity index (χ0v) is 15.5. The second-order valence-corrected chi connectivity index (χ2v) is 7.22. The number of aryl methyl sites for hydroxylation is 1. The number of nitrogens with one attached hydrogen (secondary N) is 2. The molecule has 8 nitrogen and oxygen atoms in total. The number of aromatic nitrogens is 6. The van der Waals surface area contributed by atoms with Crippen molar-refractivity contribution in [3.05, 3.63) is 23.8 Å². The molecule has 0 radical (unpaired) electrons. The Morgan fingerprint density at radius 3 is 2.81 bits per heavy atom. The number of hydrogen-bond acceptors (Lipinski definition) is 6. The third-order valence-corrected chi connectivity index (χ3v) is 4.91. The van der Waals surface area contributed by atoms with E-state index >= 15 is 0 Å². The largest absolute Gasteiger partial charge is 0.381 e. The lowest BCUT2D eigenvalue weighted by molar-refractivity contribution is 0.0614. The van der Waals surface area contributed by atoms with Crippen LogP contribution in [0.25, 0.3) is 11.3 Å². The molecule has 0 amide bonds. The van der Waals surface area contributed by atoms with E-state index in [1.165, 1.54) is 0 Å². The van der Waals surface area contributed by atoms with Gasteiger partial charge in [-0.25, -0.2) is 15.0 Å². The Morgan fingerprint density at radius 2 is 2.08 bits per heavy atom. The summed E-state index contributed by atoms with van der Waals surface area (Å²) in [4.78, 5) is 13.8. The molecule has 1 aliphatic heterocycles. The van der Waals surface area contributed by atoms with E-state index in [2.05, 4.69) is 43.9 Å². The molecule has 8 heteroatoms. The van der Waals surface area contributed by atoms with Gasteiger partial charge in [0.25, 0.3) is 0 Å². The van der Waals surface area contributed by atoms with Crippen LogP contribution in [0, 0.1) is 12.8 Å². The van der Waals surface area contributed by atoms with Crippen LogP contribution in [0.15, 0.2) is 12.3 Å². The minimum absolute atomic E-state index is 0.398. The Bertz CT molecular complexity index is 892. The number of imidazole rings is 1. The number of anilines is 2. The average molecular weight is 355 g/mol. The number of hydrogen-bond donors (Lipinski definition) is 2. The van der Waals surface area contributed by atoms with Gasteiger partial charge in [0.05, 0.1) is 6.20 Å². The molecule has 138 valence electrons. The number of fused-ring (bicyclic) bond motifs is 1. The Morgan fingerprint density at radius 1 is 1.27 bits per heavy atom. The first-order valence-electron chi connectivity index (χ1n) is 9.20. The van der Waals surface area contributed by atoms with E-state index in [9.17, 15) is 0 Å². The highest BCUT2D eigenvalue weighted by atomic mass is 16.5. The van der Waals surface area contributed by atoms with Crippen molar-refractivity contribution < 1.29 is 4.74 Å². The van der Waals surface area contributed by atoms with Crippen molar-refractivity contribution in [3.8, 4) is 0 Å². The molecule has 0 bridgehead atoms. The molecule has 0 unspecified atom stereocenters. The molecule has 1 fully saturated rings. The molecule has 4 heterocycles. The fraction of sp³-hybridized carbons (Fsp3) is 0.556. The SMILES string of the molecule is Cc1nc2ncc(Nc3cc(C(C)C)[nH]n3)nc2n1CC1CCOCC1. The van der Waals surface area contributed by atoms with Crippen molar-refractivity contribution in [2.24, 2.45) is 5.92 Å². The van der Waals surface area contributed by atoms with Gasteiger partial charge in [-0.3, -0.25) is 5.10 Å². The molecule has 2 N–H and O–H groups in total. The second kappa shape index (κ2) is 7.03. The molecule has 3 aromatic rings. The van der Waals surface area contributed by atoms with Gasteiger partial charge in [0.1, 0.15) is 5.82 Å². The molecular formula is C18H25N7O. The van der Waals surface area contributed by atoms with E-state index in [0.717, 1.165) is 55.6 Å². The van der Waals surface area contributed by atoms with Gasteiger partial charge < -0.3 is 14.6 Å². The van der Waals surface area contributed by atoms with Gasteiger partial charge in [-0.2, -0.15) is 5.10 Å². The predicted octanol–water partition coefficient (Wildman–Crippen LogP) is 3.15. The van der Waals surface area contributed by atoms with Crippen molar-refractivity contribution in [2.75, 3.05) is 18.5 Å². The Hall–Kier alpha value is -2.48. The van der Waals surface area contributed by atoms with Crippen LogP contribution in [-0.4, -0.2) is 42.9 Å². The van der Waals surface area contributed by atoms with E-state index in [0.29, 0.717) is 23.3 Å². The molecule has 1 aliphatic rings. The molecule has 3 aromatic heterocycles. The van der Waals surface area contributed by atoms with Crippen LogP contribution >= 0.6 is 0 Å². The van der Waals surface area contributed by atoms with E-state index < -0.39 is 0 Å². The molecular weight excluding hydrogens is 330 g/mol. The lowest BCUT2D eigenvalue weighted by Gasteiger charge is -2.22. The summed E-state index contributed by atoms with van der Waals surface area (Å²) in [6, 6.07) is 2.00. The van der Waals surface area contributed by atoms with Crippen LogP contribution in [0.5, 0.6) is 0 Å². The van der Waals surface area contributed by atoms with Crippen molar-refractivity contribution in [1.29, 1.82) is 0 Å². The highest BCUT2D eigenvalue weighted by molar-refractivity contribution is 5.69. The van der Waals surface area contributed by atoms with Gasteiger partial charge in [0.2, 0.25) is 0 Å². The second-order valence-electron chi connectivity index (χ2n) is 7.22. The van der Waals surface area contributed by atoms with Gasteiger partial charge >= 0.3 is 0 Å². The number of ether oxygens (including phenoxy) is 1. The topological polar surface area (TPSA) is 93.5 Å². The van der Waals surface area contributed by atoms with Crippen LogP contribution in [0.2, 0.25) is 0 Å². The van der Waals surface area contributed by atoms with E-state index in [-0.39, 0.29) is 0 Å². The third-order valence-electron chi connectivity index (χ3n) is 4.91. The fourth-order valence-corrected chi connectivity index (χ4v) is 3.29. The zero-order valence-electron chi connectivity index (χ0n) is 15.5. The minimum atomic E-state index is 0.398. The normalized spacial score (nSPS) is 15.8. The third kappa shape index (κ3) is 3.41. The van der Waals surface area contributed by atoms with Gasteiger partial charge in [0.15, 0.2) is 22.9 Å². The lowest BCUT2D eigenvalue weighted by Crippen LogP contribution is -2.21. The summed E-state index contributed by atoms with van der Waals surface area (Å²) in [7, 11) is 0. The predicted molar refractivity (Wildman–Crippen MR) is 99.6 cm³/mol. The molecule has 0 aliphatic carbocycles. The van der Waals surface area contributed by atoms with Crippen LogP contribution < -0.4 is 5.32 Å². The van der Waals surface area contributed by atoms with Crippen LogP contribution in [0.4, 0.5) is 11.6 Å². The summed E-state index contributed by atoms with van der Waals surface area (Å²) in [5.74, 6) is 3.36. The fourth-order valence-electron chi connectivity index (χ4n) is 3.29. The lowest BCUT2D eigenvalue weighted by atomic mass is 10.0. The Balaban J connectivity index is 1.59. The quantitative estimate of drug-likeness (QED) is 0.730. The highest BCUT2D eigenvalue weighted by Gasteiger charge is 2.18. The molecule has 26 heavy (non-hydrogen) atoms. The van der Waals surface area contributed by atoms with E-state index in [1.807, 2.05) is 13.0 Å². The van der Waals surface area contributed by atoms with Crippen LogP contribution in [-0.2, 0) is 11.3 Å². The molecule has 0 atom stereocenters. The van der Waals surface area contributed by atoms with Gasteiger partial charge in [-0.05, 0) is 31.6 Å². The molecule has 1 saturated heterocycles. The summed E-state index contributed by atoms with van der Waals surface area (Å²) in [5.41, 5.74) is 2.59. The summed E-state index contributed by atoms with van der Waals surface area (Å²) in [5, 5.41) is 10.6. The summed E-state index contributed by atoms with van der Waals surface area (Å²) in [6.07, 6.45) is 3.86. The van der Waals surface area contributed by atoms with Crippen LogP contribution in [0.3, 0.4) is 0 Å². The van der Waals surface area contributed by atoms with Crippen molar-refractivity contribution in [2.45, 2.75) is 46.1 Å². The minimum Gasteiger partial charge on any atom is -0.381 e. The average Bonchev–Trinajstić information content (AvgIpc) is 3.21. The first-order valence-corrected chi connectivity index (χ1v) is 9.20. The number of nitrogens with zero attached hydrogens (tertiary/aromatic N) is 5. The van der Waals surface area contributed by atoms with Gasteiger partial charge in [-0.15, -0.1) is 0 Å². The summed E-state index contributed by atoms with van der Waals surface area (Å²) in [6.45, 7) is 8.85. The maximum Gasteiger partial charge on any atom is 0.197 e. The van der Waals surface area contributed by atoms with E-state index in [4.69, 9.17) is 9.72 Å². The first kappa shape index (κ1) is 17.0.